The van der Waals surface area contributed by atoms with Crippen molar-refractivity contribution >= 4 is 17.4 Å². The lowest BCUT2D eigenvalue weighted by atomic mass is 9.79. The number of anilines is 1. The minimum Gasteiger partial charge on any atom is -0.508 e. The Balaban J connectivity index is 2.45. The van der Waals surface area contributed by atoms with Crippen LogP contribution in [0, 0.1) is 0 Å². The Morgan fingerprint density at radius 2 is 1.60 bits per heavy atom. The molecule has 0 fully saturated rings. The number of hydrogen-bond acceptors (Lipinski definition) is 4. The maximum absolute atomic E-state index is 13.0. The smallest absolute Gasteiger partial charge is 0.261 e. The first kappa shape index (κ1) is 23.2. The van der Waals surface area contributed by atoms with Gasteiger partial charge in [-0.3, -0.25) is 9.59 Å². The molecule has 1 heterocycles. The van der Waals surface area contributed by atoms with Crippen molar-refractivity contribution in [3.8, 4) is 5.75 Å². The topological polar surface area (TPSA) is 78.4 Å². The van der Waals surface area contributed by atoms with E-state index in [2.05, 4.69) is 10.6 Å². The number of carbonyl (C=O) groups is 2. The van der Waals surface area contributed by atoms with Crippen LogP contribution in [-0.2, 0) is 20.4 Å². The van der Waals surface area contributed by atoms with Crippen LogP contribution in [0.4, 0.5) is 5.69 Å². The van der Waals surface area contributed by atoms with E-state index in [1.807, 2.05) is 65.8 Å². The van der Waals surface area contributed by atoms with Crippen molar-refractivity contribution < 1.29 is 14.7 Å². The molecule has 0 aliphatic carbocycles. The van der Waals surface area contributed by atoms with Crippen molar-refractivity contribution in [3.05, 3.63) is 71.5 Å². The Morgan fingerprint density at radius 3 is 2.23 bits per heavy atom. The predicted octanol–water partition coefficient (Wildman–Crippen LogP) is 4.65. The molecule has 0 aromatic heterocycles. The van der Waals surface area contributed by atoms with Crippen molar-refractivity contribution in [1.82, 2.24) is 5.32 Å². The van der Waals surface area contributed by atoms with Crippen LogP contribution in [0.1, 0.15) is 52.7 Å². The van der Waals surface area contributed by atoms with Gasteiger partial charge < -0.3 is 15.7 Å². The van der Waals surface area contributed by atoms with Crippen LogP contribution in [0.3, 0.4) is 0 Å². The molecule has 3 N–H and O–H groups in total. The highest BCUT2D eigenvalue weighted by molar-refractivity contribution is 6.26. The Hall–Kier alpha value is -3.08. The molecule has 0 spiro atoms. The molecule has 0 saturated carbocycles. The first-order valence-electron chi connectivity index (χ1n) is 10.1. The number of phenols is 1. The first-order valence-corrected chi connectivity index (χ1v) is 10.1. The van der Waals surface area contributed by atoms with Crippen molar-refractivity contribution in [2.45, 2.75) is 52.4 Å². The van der Waals surface area contributed by atoms with E-state index in [0.29, 0.717) is 12.2 Å². The Morgan fingerprint density at radius 1 is 0.967 bits per heavy atom. The number of benzene rings is 1. The second kappa shape index (κ2) is 9.16. The second-order valence-corrected chi connectivity index (χ2v) is 9.37. The molecular weight excluding hydrogens is 376 g/mol. The number of hydrogen-bond donors (Lipinski definition) is 3. The predicted molar refractivity (Wildman–Crippen MR) is 123 cm³/mol. The summed E-state index contributed by atoms with van der Waals surface area (Å²) in [6.45, 7) is 12.7. The summed E-state index contributed by atoms with van der Waals surface area (Å²) in [6.07, 6.45) is 11.7. The van der Waals surface area contributed by atoms with Gasteiger partial charge in [0.05, 0.1) is 0 Å². The summed E-state index contributed by atoms with van der Waals surface area (Å²) in [4.78, 5) is 25.6. The molecule has 0 bridgehead atoms. The summed E-state index contributed by atoms with van der Waals surface area (Å²) >= 11 is 0. The summed E-state index contributed by atoms with van der Waals surface area (Å²) in [5.41, 5.74) is 1.64. The van der Waals surface area contributed by atoms with E-state index >= 15 is 0 Å². The number of allylic oxidation sites excluding steroid dienone is 5. The molecule has 0 unspecified atom stereocenters. The summed E-state index contributed by atoms with van der Waals surface area (Å²) in [5.74, 6) is -0.820. The van der Waals surface area contributed by atoms with E-state index in [0.717, 1.165) is 11.1 Å². The van der Waals surface area contributed by atoms with Crippen LogP contribution in [0.2, 0.25) is 0 Å². The van der Waals surface area contributed by atoms with Crippen LogP contribution in [-0.4, -0.2) is 23.3 Å². The molecule has 5 heteroatoms. The van der Waals surface area contributed by atoms with Crippen molar-refractivity contribution in [2.75, 3.05) is 11.9 Å². The van der Waals surface area contributed by atoms with Gasteiger partial charge >= 0.3 is 0 Å². The number of amides is 1. The summed E-state index contributed by atoms with van der Waals surface area (Å²) in [7, 11) is 0. The SMILES string of the molecule is CC(C)(C)c1cc(C(C)(C)C)c(NC(=O)/C2=C/NC/C=C/C=C\C=C\C2=O)cc1O. The van der Waals surface area contributed by atoms with Crippen LogP contribution < -0.4 is 10.6 Å². The van der Waals surface area contributed by atoms with E-state index in [4.69, 9.17) is 0 Å². The third-order valence-corrected chi connectivity index (χ3v) is 4.71. The fraction of sp³-hybridized carbons (Fsp3) is 0.360. The molecule has 0 atom stereocenters. The van der Waals surface area contributed by atoms with Gasteiger partial charge in [0.2, 0.25) is 0 Å². The van der Waals surface area contributed by atoms with Gasteiger partial charge in [0, 0.05) is 24.5 Å². The molecular formula is C25H32N2O3. The van der Waals surface area contributed by atoms with Gasteiger partial charge in [-0.05, 0) is 34.1 Å². The molecule has 2 rings (SSSR count). The number of rotatable bonds is 2. The van der Waals surface area contributed by atoms with Gasteiger partial charge in [0.25, 0.3) is 5.91 Å². The molecule has 1 aliphatic heterocycles. The van der Waals surface area contributed by atoms with Gasteiger partial charge in [0.15, 0.2) is 5.78 Å². The van der Waals surface area contributed by atoms with Gasteiger partial charge in [-0.1, -0.05) is 71.9 Å². The maximum Gasteiger partial charge on any atom is 0.261 e. The van der Waals surface area contributed by atoms with Gasteiger partial charge in [-0.25, -0.2) is 0 Å². The number of carbonyl (C=O) groups excluding carboxylic acids is 2. The molecule has 0 saturated heterocycles. The largest absolute Gasteiger partial charge is 0.508 e. The normalized spacial score (nSPS) is 20.2. The fourth-order valence-electron chi connectivity index (χ4n) is 3.09. The zero-order valence-electron chi connectivity index (χ0n) is 18.7. The highest BCUT2D eigenvalue weighted by Gasteiger charge is 2.27. The standard InChI is InChI=1S/C25H32N2O3/c1-24(2,3)18-14-19(25(4,5)6)22(29)15-20(18)27-23(30)17-16-26-13-11-9-7-8-10-12-21(17)28/h7-12,14-16,26,29H,13H2,1-6H3,(H,27,30)/b8-7-,11-9+,12-10+,17-16+. The lowest BCUT2D eigenvalue weighted by Crippen LogP contribution is -2.25. The molecule has 1 aliphatic rings. The zero-order valence-corrected chi connectivity index (χ0v) is 18.7. The fourth-order valence-corrected chi connectivity index (χ4v) is 3.09. The molecule has 1 aromatic carbocycles. The van der Waals surface area contributed by atoms with Crippen molar-refractivity contribution in [3.63, 3.8) is 0 Å². The second-order valence-electron chi connectivity index (χ2n) is 9.37. The Kier molecular flexibility index (Phi) is 7.08. The van der Waals surface area contributed by atoms with E-state index in [-0.39, 0.29) is 22.2 Å². The van der Waals surface area contributed by atoms with Crippen LogP contribution in [0.25, 0.3) is 0 Å². The first-order chi connectivity index (χ1) is 13.9. The monoisotopic (exact) mass is 408 g/mol. The maximum atomic E-state index is 13.0. The molecule has 0 radical (unpaired) electrons. The van der Waals surface area contributed by atoms with Gasteiger partial charge in [-0.2, -0.15) is 0 Å². The minimum atomic E-state index is -0.530. The summed E-state index contributed by atoms with van der Waals surface area (Å²) in [5, 5.41) is 16.4. The minimum absolute atomic E-state index is 0.00537. The number of ketones is 1. The highest BCUT2D eigenvalue weighted by Crippen LogP contribution is 2.39. The highest BCUT2D eigenvalue weighted by atomic mass is 16.3. The number of aromatic hydroxyl groups is 1. The number of nitrogens with one attached hydrogen (secondary N) is 2. The van der Waals surface area contributed by atoms with E-state index in [1.165, 1.54) is 12.3 Å². The third kappa shape index (κ3) is 5.96. The number of phenolic OH excluding ortho intramolecular Hbond substituents is 1. The van der Waals surface area contributed by atoms with Crippen LogP contribution >= 0.6 is 0 Å². The van der Waals surface area contributed by atoms with Crippen LogP contribution in [0.15, 0.2) is 60.4 Å². The lowest BCUT2D eigenvalue weighted by Gasteiger charge is -2.28. The van der Waals surface area contributed by atoms with E-state index < -0.39 is 11.7 Å². The third-order valence-electron chi connectivity index (χ3n) is 4.71. The lowest BCUT2D eigenvalue weighted by molar-refractivity contribution is -0.117. The average Bonchev–Trinajstić information content (AvgIpc) is 2.65. The molecule has 160 valence electrons. The zero-order chi connectivity index (χ0) is 22.5. The van der Waals surface area contributed by atoms with Gasteiger partial charge in [0.1, 0.15) is 11.3 Å². The summed E-state index contributed by atoms with van der Waals surface area (Å²) < 4.78 is 0. The summed E-state index contributed by atoms with van der Waals surface area (Å²) in [6, 6.07) is 3.51. The van der Waals surface area contributed by atoms with Crippen molar-refractivity contribution in [1.29, 1.82) is 0 Å². The van der Waals surface area contributed by atoms with E-state index in [1.54, 1.807) is 18.2 Å². The average molecular weight is 409 g/mol. The Bertz CT molecular complexity index is 936. The van der Waals surface area contributed by atoms with E-state index in [9.17, 15) is 14.7 Å². The molecule has 5 nitrogen and oxygen atoms in total. The Labute approximate surface area is 179 Å². The molecule has 1 aromatic rings. The molecule has 30 heavy (non-hydrogen) atoms. The van der Waals surface area contributed by atoms with Crippen LogP contribution in [0.5, 0.6) is 5.75 Å². The van der Waals surface area contributed by atoms with Gasteiger partial charge in [-0.15, -0.1) is 0 Å². The molecule has 1 amide bonds. The quantitative estimate of drug-likeness (QED) is 0.623. The van der Waals surface area contributed by atoms with Crippen molar-refractivity contribution in [2.24, 2.45) is 0 Å².